The third-order valence-electron chi connectivity index (χ3n) is 16.2. The lowest BCUT2D eigenvalue weighted by Gasteiger charge is -2.34. The average Bonchev–Trinajstić information content (AvgIpc) is 1.53. The van der Waals surface area contributed by atoms with Crippen LogP contribution in [0.15, 0.2) is 273 Å². The first-order valence-corrected chi connectivity index (χ1v) is 32.0. The van der Waals surface area contributed by atoms with Gasteiger partial charge >= 0.3 is 12.3 Å². The van der Waals surface area contributed by atoms with Crippen molar-refractivity contribution in [3.05, 3.63) is 306 Å². The van der Waals surface area contributed by atoms with Gasteiger partial charge in [0.05, 0.1) is 22.1 Å². The van der Waals surface area contributed by atoms with Crippen molar-refractivity contribution in [3.63, 3.8) is 0 Å². The van der Waals surface area contributed by atoms with E-state index < -0.39 is 28.9 Å². The van der Waals surface area contributed by atoms with Gasteiger partial charge in [-0.3, -0.25) is 0 Å². The zero-order valence-corrected chi connectivity index (χ0v) is 55.0. The predicted octanol–water partition coefficient (Wildman–Crippen LogP) is 23.6. The average molecular weight is 1210 g/mol. The van der Waals surface area contributed by atoms with E-state index in [1.165, 1.54) is 70.9 Å². The molecular formula is C85H83NO6. The Labute approximate surface area is 542 Å². The van der Waals surface area contributed by atoms with Crippen LogP contribution in [0.2, 0.25) is 0 Å². The summed E-state index contributed by atoms with van der Waals surface area (Å²) in [5.41, 5.74) is 11.1. The molecular weight excluding hydrogens is 1130 g/mol. The van der Waals surface area contributed by atoms with Crippen LogP contribution < -0.4 is 9.47 Å². The van der Waals surface area contributed by atoms with Gasteiger partial charge in [-0.05, 0) is 167 Å². The number of ether oxygens (including phenoxy) is 4. The van der Waals surface area contributed by atoms with E-state index in [0.29, 0.717) is 23.3 Å². The van der Waals surface area contributed by atoms with Crippen molar-refractivity contribution in [1.29, 1.82) is 0 Å². The molecule has 0 bridgehead atoms. The van der Waals surface area contributed by atoms with Gasteiger partial charge in [0.15, 0.2) is 0 Å². The SMILES string of the molecule is CC.CC(C)(C)OC(=O)Oc1ccc(C2(c3ccc(OC(=O)OC(C)(C)C)cc3)c3ccccc3-c3ccccc32)cc1.CC(C)c1ccc2ccccc2c1.CC(C)c1ccc2ccccc2c1.c1ccc2c(-n3c4ccccc4c4ccccc43)cccc2c1. The third-order valence-corrected chi connectivity index (χ3v) is 16.2. The number of rotatable bonds is 7. The molecule has 1 aliphatic rings. The van der Waals surface area contributed by atoms with Crippen molar-refractivity contribution in [3.8, 4) is 28.3 Å². The molecule has 0 radical (unpaired) electrons. The second-order valence-electron chi connectivity index (χ2n) is 25.4. The van der Waals surface area contributed by atoms with Gasteiger partial charge in [0.1, 0.15) is 22.7 Å². The highest BCUT2D eigenvalue weighted by Crippen LogP contribution is 2.56. The second-order valence-corrected chi connectivity index (χ2v) is 25.4. The Morgan fingerprint density at radius 1 is 0.359 bits per heavy atom. The molecule has 13 aromatic rings. The Hall–Kier alpha value is -10.2. The van der Waals surface area contributed by atoms with Crippen LogP contribution in [0.1, 0.15) is 128 Å². The fraction of sp³-hybridized carbons (Fsp3) is 0.200. The molecule has 0 amide bonds. The first kappa shape index (κ1) is 64.7. The molecule has 0 saturated heterocycles. The van der Waals surface area contributed by atoms with Gasteiger partial charge in [-0.15, -0.1) is 0 Å². The van der Waals surface area contributed by atoms with Crippen molar-refractivity contribution in [2.24, 2.45) is 0 Å². The van der Waals surface area contributed by atoms with E-state index in [4.69, 9.17) is 18.9 Å². The van der Waals surface area contributed by atoms with Crippen molar-refractivity contribution in [2.75, 3.05) is 0 Å². The number of carbonyl (C=O) groups is 2. The highest BCUT2D eigenvalue weighted by molar-refractivity contribution is 6.10. The molecule has 7 heteroatoms. The molecule has 0 N–H and O–H groups in total. The van der Waals surface area contributed by atoms with Crippen LogP contribution in [-0.2, 0) is 14.9 Å². The Morgan fingerprint density at radius 2 is 0.707 bits per heavy atom. The van der Waals surface area contributed by atoms with Crippen LogP contribution in [-0.4, -0.2) is 28.1 Å². The maximum absolute atomic E-state index is 12.3. The molecule has 7 nitrogen and oxygen atoms in total. The normalized spacial score (nSPS) is 12.1. The standard InChI is InChI=1S/C35H34O6.C22H15N.2C13H14.C2H6/c1-33(2,3)40-31(36)38-25-19-15-23(16-20-25)35(24-17-21-26(22-18-24)39-32(37)41-34(4,5)6)29-13-9-7-11-27(29)28-12-8-10-14-30(28)35;1-2-10-17-16(8-1)9-7-15-20(17)23-21-13-5-3-11-18(21)19-12-4-6-14-22(19)23;2*1-10(2)12-8-7-11-5-3-4-6-13(11)9-12;1-2/h7-22H,1-6H3;1-15H;2*3-10H,1-2H3;1-2H3. The summed E-state index contributed by atoms with van der Waals surface area (Å²) in [4.78, 5) is 24.6. The highest BCUT2D eigenvalue weighted by Gasteiger charge is 2.46. The number of para-hydroxylation sites is 2. The summed E-state index contributed by atoms with van der Waals surface area (Å²) in [6, 6.07) is 94.5. The molecule has 0 saturated carbocycles. The molecule has 1 heterocycles. The lowest BCUT2D eigenvalue weighted by atomic mass is 9.68. The minimum Gasteiger partial charge on any atom is -0.428 e. The molecule has 1 aliphatic carbocycles. The molecule has 0 aliphatic heterocycles. The van der Waals surface area contributed by atoms with E-state index in [9.17, 15) is 9.59 Å². The van der Waals surface area contributed by atoms with E-state index in [2.05, 4.69) is 232 Å². The van der Waals surface area contributed by atoms with Gasteiger partial charge < -0.3 is 23.5 Å². The van der Waals surface area contributed by atoms with Crippen LogP contribution in [0.4, 0.5) is 9.59 Å². The first-order valence-electron chi connectivity index (χ1n) is 32.0. The van der Waals surface area contributed by atoms with Gasteiger partial charge in [-0.2, -0.15) is 0 Å². The molecule has 0 spiro atoms. The number of aromatic nitrogens is 1. The number of hydrogen-bond donors (Lipinski definition) is 0. The van der Waals surface area contributed by atoms with Gasteiger partial charge in [0.2, 0.25) is 0 Å². The van der Waals surface area contributed by atoms with Crippen molar-refractivity contribution in [1.82, 2.24) is 4.57 Å². The fourth-order valence-electron chi connectivity index (χ4n) is 12.0. The minimum atomic E-state index is -0.753. The van der Waals surface area contributed by atoms with E-state index in [1.807, 2.05) is 62.4 Å². The van der Waals surface area contributed by atoms with Crippen LogP contribution in [0.25, 0.3) is 70.9 Å². The summed E-state index contributed by atoms with van der Waals surface area (Å²) in [6.07, 6.45) is -1.51. The minimum absolute atomic E-state index is 0.388. The van der Waals surface area contributed by atoms with E-state index in [0.717, 1.165) is 33.4 Å². The monoisotopic (exact) mass is 1210 g/mol. The second kappa shape index (κ2) is 28.3. The summed E-state index contributed by atoms with van der Waals surface area (Å²) in [5.74, 6) is 2.01. The van der Waals surface area contributed by atoms with E-state index >= 15 is 0 Å². The molecule has 0 fully saturated rings. The molecule has 12 aromatic carbocycles. The summed E-state index contributed by atoms with van der Waals surface area (Å²) in [7, 11) is 0. The van der Waals surface area contributed by atoms with Crippen LogP contribution in [0.3, 0.4) is 0 Å². The number of benzene rings is 12. The number of fused-ring (bicyclic) bond motifs is 9. The molecule has 1 aromatic heterocycles. The first-order chi connectivity index (χ1) is 44.3. The smallest absolute Gasteiger partial charge is 0.428 e. The molecule has 0 unspecified atom stereocenters. The van der Waals surface area contributed by atoms with Crippen molar-refractivity contribution in [2.45, 2.75) is 112 Å². The molecule has 92 heavy (non-hydrogen) atoms. The Bertz CT molecular complexity index is 4410. The lowest BCUT2D eigenvalue weighted by molar-refractivity contribution is 0.0193. The zero-order valence-electron chi connectivity index (χ0n) is 55.0. The predicted molar refractivity (Wildman–Crippen MR) is 383 cm³/mol. The van der Waals surface area contributed by atoms with Crippen molar-refractivity contribution >= 4 is 66.4 Å². The Morgan fingerprint density at radius 3 is 1.12 bits per heavy atom. The largest absolute Gasteiger partial charge is 0.514 e. The lowest BCUT2D eigenvalue weighted by Crippen LogP contribution is -2.29. The van der Waals surface area contributed by atoms with Crippen LogP contribution in [0.5, 0.6) is 11.5 Å². The van der Waals surface area contributed by atoms with Gasteiger partial charge in [0.25, 0.3) is 0 Å². The Balaban J connectivity index is 0.000000151. The van der Waals surface area contributed by atoms with E-state index in [1.54, 1.807) is 65.8 Å². The number of nitrogens with zero attached hydrogens (tertiary/aromatic N) is 1. The van der Waals surface area contributed by atoms with Crippen molar-refractivity contribution < 1.29 is 28.5 Å². The molecule has 0 atom stereocenters. The van der Waals surface area contributed by atoms with Crippen LogP contribution >= 0.6 is 0 Å². The number of hydrogen-bond acceptors (Lipinski definition) is 6. The fourth-order valence-corrected chi connectivity index (χ4v) is 12.0. The highest BCUT2D eigenvalue weighted by atomic mass is 16.7. The molecule has 14 rings (SSSR count). The molecule has 464 valence electrons. The summed E-state index contributed by atoms with van der Waals surface area (Å²) in [6.45, 7) is 23.7. The third kappa shape index (κ3) is 14.5. The summed E-state index contributed by atoms with van der Waals surface area (Å²) < 4.78 is 23.9. The van der Waals surface area contributed by atoms with Gasteiger partial charge in [0, 0.05) is 16.2 Å². The van der Waals surface area contributed by atoms with E-state index in [-0.39, 0.29) is 0 Å². The maximum Gasteiger partial charge on any atom is 0.514 e. The van der Waals surface area contributed by atoms with Gasteiger partial charge in [-0.1, -0.05) is 272 Å². The number of carbonyl (C=O) groups excluding carboxylic acids is 2. The summed E-state index contributed by atoms with van der Waals surface area (Å²) in [5, 5.41) is 10.5. The topological polar surface area (TPSA) is 76.0 Å². The quantitative estimate of drug-likeness (QED) is 0.117. The van der Waals surface area contributed by atoms with Gasteiger partial charge in [-0.25, -0.2) is 9.59 Å². The van der Waals surface area contributed by atoms with Crippen LogP contribution in [0, 0.1) is 0 Å². The Kier molecular flexibility index (Phi) is 19.9. The maximum atomic E-state index is 12.3. The summed E-state index contributed by atoms with van der Waals surface area (Å²) >= 11 is 0. The zero-order chi connectivity index (χ0) is 65.2.